The Morgan fingerprint density at radius 2 is 1.62 bits per heavy atom. The van der Waals surface area contributed by atoms with Gasteiger partial charge in [0.1, 0.15) is 0 Å². The molecule has 126 valence electrons. The molecule has 10 heteroatoms. The van der Waals surface area contributed by atoms with Crippen molar-refractivity contribution in [3.8, 4) is 0 Å². The third-order valence-corrected chi connectivity index (χ3v) is 9.02. The molecular weight excluding hydrogens is 314 g/mol. The highest BCUT2D eigenvalue weighted by Crippen LogP contribution is 2.21. The maximum absolute atomic E-state index is 5.98. The summed E-state index contributed by atoms with van der Waals surface area (Å²) in [7, 11) is 4.23. The van der Waals surface area contributed by atoms with Crippen LogP contribution in [0.1, 0.15) is 0 Å². The fourth-order valence-corrected chi connectivity index (χ4v) is 6.40. The summed E-state index contributed by atoms with van der Waals surface area (Å²) in [6, 6.07) is 0. The number of methoxy groups -OCH3 is 1. The highest BCUT2D eigenvalue weighted by atomic mass is 28.4. The van der Waals surface area contributed by atoms with E-state index in [1.807, 2.05) is 0 Å². The van der Waals surface area contributed by atoms with Crippen LogP contribution in [0.15, 0.2) is 0 Å². The van der Waals surface area contributed by atoms with E-state index < -0.39 is 17.6 Å². The van der Waals surface area contributed by atoms with Crippen molar-refractivity contribution in [2.45, 2.75) is 6.10 Å². The molecule has 0 spiro atoms. The fraction of sp³-hybridized carbons (Fsp3) is 1.00. The van der Waals surface area contributed by atoms with Gasteiger partial charge in [-0.3, -0.25) is 4.90 Å². The maximum Gasteiger partial charge on any atom is 0.515 e. The van der Waals surface area contributed by atoms with Crippen LogP contribution in [0.3, 0.4) is 0 Å². The van der Waals surface area contributed by atoms with Crippen LogP contribution in [0.5, 0.6) is 0 Å². The Bertz CT molecular complexity index is 294. The lowest BCUT2D eigenvalue weighted by Crippen LogP contribution is -2.66. The molecule has 8 nitrogen and oxygen atoms in total. The molecule has 1 fully saturated rings. The molecule has 0 aromatic rings. The van der Waals surface area contributed by atoms with Gasteiger partial charge in [-0.1, -0.05) is 0 Å². The Balaban J connectivity index is 2.84. The smallest absolute Gasteiger partial charge is 0.382 e. The van der Waals surface area contributed by atoms with Crippen LogP contribution in [0.4, 0.5) is 0 Å². The first kappa shape index (κ1) is 19.2. The quantitative estimate of drug-likeness (QED) is 0.521. The van der Waals surface area contributed by atoms with E-state index in [1.54, 1.807) is 42.7 Å². The van der Waals surface area contributed by atoms with Gasteiger partial charge in [0.15, 0.2) is 0 Å². The molecule has 1 heterocycles. The fourth-order valence-electron chi connectivity index (χ4n) is 2.37. The van der Waals surface area contributed by atoms with E-state index in [2.05, 4.69) is 4.90 Å². The van der Waals surface area contributed by atoms with Crippen molar-refractivity contribution in [1.29, 1.82) is 0 Å². The number of hydrogen-bond acceptors (Lipinski definition) is 8. The summed E-state index contributed by atoms with van der Waals surface area (Å²) in [6.07, 6.45) is 0.986. The molecule has 0 radical (unpaired) electrons. The molecule has 0 aromatic heterocycles. The molecule has 0 aliphatic carbocycles. The molecule has 1 saturated heterocycles. The van der Waals surface area contributed by atoms with Crippen LogP contribution in [-0.2, 0) is 31.3 Å². The standard InChI is InChI=1S/C11H27NO7Si2/c1-13-8-11-7-12(9-20(14-2,15-3)16-4)10-21(17-5,18-6)19-11/h11H,7-10H2,1-6H3. The van der Waals surface area contributed by atoms with Crippen LogP contribution >= 0.6 is 0 Å². The highest BCUT2D eigenvalue weighted by Gasteiger charge is 2.51. The van der Waals surface area contributed by atoms with E-state index >= 15 is 0 Å². The molecule has 1 aliphatic rings. The third kappa shape index (κ3) is 4.79. The molecule has 0 bridgehead atoms. The molecule has 1 atom stereocenters. The topological polar surface area (TPSA) is 67.9 Å². The summed E-state index contributed by atoms with van der Waals surface area (Å²) in [5.74, 6) is 0. The Hall–Kier alpha value is 0.114. The zero-order valence-electron chi connectivity index (χ0n) is 13.7. The van der Waals surface area contributed by atoms with Crippen LogP contribution in [0.25, 0.3) is 0 Å². The average Bonchev–Trinajstić information content (AvgIpc) is 2.52. The van der Waals surface area contributed by atoms with Crippen molar-refractivity contribution in [3.05, 3.63) is 0 Å². The first-order chi connectivity index (χ1) is 10.0. The Kier molecular flexibility index (Phi) is 7.91. The van der Waals surface area contributed by atoms with Crippen LogP contribution in [0.2, 0.25) is 0 Å². The van der Waals surface area contributed by atoms with Crippen LogP contribution < -0.4 is 0 Å². The van der Waals surface area contributed by atoms with Gasteiger partial charge < -0.3 is 31.3 Å². The highest BCUT2D eigenvalue weighted by molar-refractivity contribution is 6.62. The maximum atomic E-state index is 5.98. The summed E-state index contributed by atoms with van der Waals surface area (Å²) in [5, 5.41) is 0. The number of hydrogen-bond donors (Lipinski definition) is 0. The Labute approximate surface area is 128 Å². The predicted molar refractivity (Wildman–Crippen MR) is 79.7 cm³/mol. The van der Waals surface area contributed by atoms with E-state index in [0.29, 0.717) is 25.5 Å². The van der Waals surface area contributed by atoms with Crippen LogP contribution in [0, 0.1) is 0 Å². The summed E-state index contributed by atoms with van der Waals surface area (Å²) in [4.78, 5) is 2.15. The lowest BCUT2D eigenvalue weighted by atomic mass is 10.3. The van der Waals surface area contributed by atoms with E-state index in [0.717, 1.165) is 0 Å². The molecule has 1 aliphatic heterocycles. The summed E-state index contributed by atoms with van der Waals surface area (Å²) in [6.45, 7) is 1.15. The second-order valence-electron chi connectivity index (χ2n) is 4.75. The number of ether oxygens (including phenoxy) is 1. The van der Waals surface area contributed by atoms with E-state index in [9.17, 15) is 0 Å². The largest absolute Gasteiger partial charge is 0.515 e. The normalized spacial score (nSPS) is 23.4. The molecule has 1 unspecified atom stereocenters. The monoisotopic (exact) mass is 341 g/mol. The minimum atomic E-state index is -2.73. The van der Waals surface area contributed by atoms with E-state index in [-0.39, 0.29) is 6.10 Å². The lowest BCUT2D eigenvalue weighted by molar-refractivity contribution is -0.0349. The average molecular weight is 342 g/mol. The molecule has 0 saturated carbocycles. The molecular formula is C11H27NO7Si2. The Morgan fingerprint density at radius 3 is 2.05 bits per heavy atom. The van der Waals surface area contributed by atoms with Gasteiger partial charge in [-0.2, -0.15) is 0 Å². The summed E-state index contributed by atoms with van der Waals surface area (Å²) in [5.41, 5.74) is 0. The van der Waals surface area contributed by atoms with E-state index in [4.69, 9.17) is 31.3 Å². The minimum absolute atomic E-state index is 0.118. The van der Waals surface area contributed by atoms with Crippen molar-refractivity contribution in [2.24, 2.45) is 0 Å². The van der Waals surface area contributed by atoms with E-state index in [1.165, 1.54) is 0 Å². The number of nitrogens with zero attached hydrogens (tertiary/aromatic N) is 1. The minimum Gasteiger partial charge on any atom is -0.382 e. The Morgan fingerprint density at radius 1 is 1.05 bits per heavy atom. The zero-order chi connectivity index (χ0) is 15.9. The summed E-state index contributed by atoms with van der Waals surface area (Å²) < 4.78 is 38.7. The van der Waals surface area contributed by atoms with Gasteiger partial charge in [-0.15, -0.1) is 0 Å². The molecule has 0 amide bonds. The SMILES string of the molecule is COCC1CN(C[Si](OC)(OC)OC)C[Si](OC)(OC)O1. The van der Waals surface area contributed by atoms with Crippen molar-refractivity contribution >= 4 is 17.6 Å². The molecule has 0 N–H and O–H groups in total. The second-order valence-corrected chi connectivity index (χ2v) is 10.4. The van der Waals surface area contributed by atoms with Crippen molar-refractivity contribution in [2.75, 3.05) is 68.1 Å². The first-order valence-electron chi connectivity index (χ1n) is 6.67. The zero-order valence-corrected chi connectivity index (χ0v) is 15.7. The van der Waals surface area contributed by atoms with Gasteiger partial charge in [0.25, 0.3) is 0 Å². The summed E-state index contributed by atoms with van der Waals surface area (Å²) >= 11 is 0. The van der Waals surface area contributed by atoms with Gasteiger partial charge in [-0.25, -0.2) is 0 Å². The lowest BCUT2D eigenvalue weighted by Gasteiger charge is -2.42. The molecule has 0 aromatic carbocycles. The van der Waals surface area contributed by atoms with Gasteiger partial charge in [0.05, 0.1) is 25.0 Å². The van der Waals surface area contributed by atoms with Crippen molar-refractivity contribution in [3.63, 3.8) is 0 Å². The van der Waals surface area contributed by atoms with Crippen molar-refractivity contribution in [1.82, 2.24) is 4.90 Å². The number of rotatable bonds is 9. The second kappa shape index (κ2) is 8.67. The van der Waals surface area contributed by atoms with Crippen LogP contribution in [-0.4, -0.2) is 96.8 Å². The predicted octanol–water partition coefficient (Wildman–Crippen LogP) is -0.478. The van der Waals surface area contributed by atoms with Gasteiger partial charge in [0, 0.05) is 49.2 Å². The third-order valence-electron chi connectivity index (χ3n) is 3.55. The first-order valence-corrected chi connectivity index (χ1v) is 10.5. The van der Waals surface area contributed by atoms with Gasteiger partial charge >= 0.3 is 17.6 Å². The van der Waals surface area contributed by atoms with Gasteiger partial charge in [0.2, 0.25) is 0 Å². The molecule has 21 heavy (non-hydrogen) atoms. The van der Waals surface area contributed by atoms with Gasteiger partial charge in [-0.05, 0) is 0 Å². The molecule has 1 rings (SSSR count). The van der Waals surface area contributed by atoms with Crippen molar-refractivity contribution < 1.29 is 31.3 Å².